The van der Waals surface area contributed by atoms with E-state index < -0.39 is 6.09 Å². The summed E-state index contributed by atoms with van der Waals surface area (Å²) in [5.41, 5.74) is 6.68. The van der Waals surface area contributed by atoms with E-state index in [1.807, 2.05) is 30.3 Å². The molecule has 2 aliphatic rings. The minimum absolute atomic E-state index is 0.00304. The van der Waals surface area contributed by atoms with Gasteiger partial charge < -0.3 is 15.2 Å². The Bertz CT molecular complexity index is 899. The fourth-order valence-electron chi connectivity index (χ4n) is 3.37. The van der Waals surface area contributed by atoms with Crippen molar-refractivity contribution in [3.8, 4) is 5.75 Å². The SMILES string of the molecule is NC(=O)Oc1ccc2c(c1)N(C(=O)CCN1CCOCC1)c1ccccc1S2. The van der Waals surface area contributed by atoms with Crippen molar-refractivity contribution < 1.29 is 19.1 Å². The van der Waals surface area contributed by atoms with Crippen LogP contribution in [0, 0.1) is 0 Å². The van der Waals surface area contributed by atoms with Crippen LogP contribution in [0.1, 0.15) is 6.42 Å². The maximum absolute atomic E-state index is 13.2. The summed E-state index contributed by atoms with van der Waals surface area (Å²) in [4.78, 5) is 30.2. The summed E-state index contributed by atoms with van der Waals surface area (Å²) in [6.45, 7) is 3.77. The Kier molecular flexibility index (Phi) is 5.52. The third-order valence-corrected chi connectivity index (χ3v) is 5.84. The number of anilines is 2. The zero-order valence-corrected chi connectivity index (χ0v) is 16.1. The molecule has 0 unspecified atom stereocenters. The summed E-state index contributed by atoms with van der Waals surface area (Å²) < 4.78 is 10.4. The van der Waals surface area contributed by atoms with Crippen LogP contribution in [0.3, 0.4) is 0 Å². The lowest BCUT2D eigenvalue weighted by Gasteiger charge is -2.32. The average Bonchev–Trinajstić information content (AvgIpc) is 2.70. The molecular formula is C20H21N3O4S. The zero-order valence-electron chi connectivity index (χ0n) is 15.3. The second kappa shape index (κ2) is 8.22. The molecule has 0 aromatic heterocycles. The first kappa shape index (κ1) is 18.8. The highest BCUT2D eigenvalue weighted by Gasteiger charge is 2.29. The van der Waals surface area contributed by atoms with E-state index in [-0.39, 0.29) is 5.91 Å². The van der Waals surface area contributed by atoms with Gasteiger partial charge in [0.05, 0.1) is 24.6 Å². The summed E-state index contributed by atoms with van der Waals surface area (Å²) in [7, 11) is 0. The number of para-hydroxylation sites is 1. The smallest absolute Gasteiger partial charge is 0.409 e. The number of benzene rings is 2. The number of fused-ring (bicyclic) bond motifs is 2. The molecule has 0 bridgehead atoms. The number of hydrogen-bond acceptors (Lipinski definition) is 6. The van der Waals surface area contributed by atoms with Crippen LogP contribution >= 0.6 is 11.8 Å². The molecule has 2 amide bonds. The third-order valence-electron chi connectivity index (χ3n) is 4.71. The number of ether oxygens (including phenoxy) is 2. The number of morpholine rings is 1. The van der Waals surface area contributed by atoms with Gasteiger partial charge in [-0.1, -0.05) is 23.9 Å². The molecule has 2 aliphatic heterocycles. The number of primary amides is 1. The molecule has 0 atom stereocenters. The Labute approximate surface area is 167 Å². The van der Waals surface area contributed by atoms with E-state index in [1.165, 1.54) is 0 Å². The van der Waals surface area contributed by atoms with Crippen molar-refractivity contribution in [2.24, 2.45) is 5.73 Å². The van der Waals surface area contributed by atoms with Crippen molar-refractivity contribution in [1.29, 1.82) is 0 Å². The first-order valence-corrected chi connectivity index (χ1v) is 9.95. The fraction of sp³-hybridized carbons (Fsp3) is 0.300. The number of nitrogens with zero attached hydrogens (tertiary/aromatic N) is 2. The average molecular weight is 399 g/mol. The number of carbonyl (C=O) groups excluding carboxylic acids is 2. The van der Waals surface area contributed by atoms with Gasteiger partial charge in [0, 0.05) is 41.9 Å². The zero-order chi connectivity index (χ0) is 19.5. The molecule has 0 aliphatic carbocycles. The van der Waals surface area contributed by atoms with Crippen molar-refractivity contribution in [3.63, 3.8) is 0 Å². The van der Waals surface area contributed by atoms with E-state index in [9.17, 15) is 9.59 Å². The van der Waals surface area contributed by atoms with Crippen molar-refractivity contribution in [2.75, 3.05) is 37.7 Å². The summed E-state index contributed by atoms with van der Waals surface area (Å²) in [6.07, 6.45) is -0.492. The van der Waals surface area contributed by atoms with Crippen LogP contribution in [0.15, 0.2) is 52.3 Å². The predicted molar refractivity (Wildman–Crippen MR) is 106 cm³/mol. The van der Waals surface area contributed by atoms with Crippen molar-refractivity contribution in [2.45, 2.75) is 16.2 Å². The van der Waals surface area contributed by atoms with Gasteiger partial charge in [-0.25, -0.2) is 4.79 Å². The van der Waals surface area contributed by atoms with Gasteiger partial charge in [0.25, 0.3) is 0 Å². The van der Waals surface area contributed by atoms with Gasteiger partial charge >= 0.3 is 6.09 Å². The molecule has 1 fully saturated rings. The second-order valence-corrected chi connectivity index (χ2v) is 7.64. The minimum atomic E-state index is -0.881. The molecule has 28 heavy (non-hydrogen) atoms. The summed E-state index contributed by atoms with van der Waals surface area (Å²) in [5, 5.41) is 0. The van der Waals surface area contributed by atoms with Gasteiger partial charge in [-0.2, -0.15) is 0 Å². The van der Waals surface area contributed by atoms with E-state index in [0.717, 1.165) is 28.6 Å². The summed E-state index contributed by atoms with van der Waals surface area (Å²) in [5.74, 6) is 0.314. The number of carbonyl (C=O) groups is 2. The molecule has 0 spiro atoms. The molecular weight excluding hydrogens is 378 g/mol. The van der Waals surface area contributed by atoms with Gasteiger partial charge in [0.15, 0.2) is 0 Å². The Morgan fingerprint density at radius 1 is 1.07 bits per heavy atom. The maximum atomic E-state index is 13.2. The molecule has 0 radical (unpaired) electrons. The van der Waals surface area contributed by atoms with Crippen molar-refractivity contribution in [3.05, 3.63) is 42.5 Å². The molecule has 2 heterocycles. The monoisotopic (exact) mass is 399 g/mol. The van der Waals surface area contributed by atoms with E-state index in [0.29, 0.717) is 37.6 Å². The number of nitrogens with two attached hydrogens (primary N) is 1. The second-order valence-electron chi connectivity index (χ2n) is 6.55. The van der Waals surface area contributed by atoms with Gasteiger partial charge in [0.1, 0.15) is 5.75 Å². The Morgan fingerprint density at radius 3 is 2.61 bits per heavy atom. The molecule has 2 aromatic carbocycles. The molecule has 2 aromatic rings. The lowest BCUT2D eigenvalue weighted by molar-refractivity contribution is -0.118. The quantitative estimate of drug-likeness (QED) is 0.851. The molecule has 4 rings (SSSR count). The molecule has 146 valence electrons. The summed E-state index contributed by atoms with van der Waals surface area (Å²) in [6, 6.07) is 13.0. The highest BCUT2D eigenvalue weighted by atomic mass is 32.2. The van der Waals surface area contributed by atoms with Crippen LogP contribution in [-0.2, 0) is 9.53 Å². The standard InChI is InChI=1S/C20H21N3O4S/c21-20(25)27-14-5-6-18-16(13-14)23(15-3-1-2-4-17(15)28-18)19(24)7-8-22-9-11-26-12-10-22/h1-6,13H,7-12H2,(H2,21,25). The molecule has 2 N–H and O–H groups in total. The van der Waals surface area contributed by atoms with Gasteiger partial charge in [-0.05, 0) is 24.3 Å². The number of hydrogen-bond donors (Lipinski definition) is 1. The third kappa shape index (κ3) is 3.99. The van der Waals surface area contributed by atoms with Crippen molar-refractivity contribution in [1.82, 2.24) is 4.90 Å². The number of amides is 2. The lowest BCUT2D eigenvalue weighted by atomic mass is 10.2. The van der Waals surface area contributed by atoms with Crippen LogP contribution in [0.4, 0.5) is 16.2 Å². The normalized spacial score (nSPS) is 16.2. The topological polar surface area (TPSA) is 85.1 Å². The van der Waals surface area contributed by atoms with E-state index in [1.54, 1.807) is 28.8 Å². The largest absolute Gasteiger partial charge is 0.410 e. The van der Waals surface area contributed by atoms with Gasteiger partial charge in [-0.15, -0.1) is 0 Å². The molecule has 7 nitrogen and oxygen atoms in total. The van der Waals surface area contributed by atoms with Crippen LogP contribution in [0.5, 0.6) is 5.75 Å². The van der Waals surface area contributed by atoms with E-state index in [4.69, 9.17) is 15.2 Å². The lowest BCUT2D eigenvalue weighted by Crippen LogP contribution is -2.39. The molecule has 8 heteroatoms. The Balaban J connectivity index is 1.62. The Morgan fingerprint density at radius 2 is 1.82 bits per heavy atom. The minimum Gasteiger partial charge on any atom is -0.410 e. The van der Waals surface area contributed by atoms with E-state index in [2.05, 4.69) is 4.90 Å². The first-order valence-electron chi connectivity index (χ1n) is 9.13. The van der Waals surface area contributed by atoms with Crippen LogP contribution in [0.2, 0.25) is 0 Å². The highest BCUT2D eigenvalue weighted by Crippen LogP contribution is 2.49. The first-order chi connectivity index (χ1) is 13.6. The maximum Gasteiger partial charge on any atom is 0.409 e. The van der Waals surface area contributed by atoms with Gasteiger partial charge in [-0.3, -0.25) is 14.6 Å². The van der Waals surface area contributed by atoms with E-state index >= 15 is 0 Å². The highest BCUT2D eigenvalue weighted by molar-refractivity contribution is 7.99. The fourth-order valence-corrected chi connectivity index (χ4v) is 4.41. The van der Waals surface area contributed by atoms with Crippen LogP contribution < -0.4 is 15.4 Å². The van der Waals surface area contributed by atoms with Crippen LogP contribution in [0.25, 0.3) is 0 Å². The predicted octanol–water partition coefficient (Wildman–Crippen LogP) is 3.00. The van der Waals surface area contributed by atoms with Crippen LogP contribution in [-0.4, -0.2) is 49.7 Å². The van der Waals surface area contributed by atoms with Crippen molar-refractivity contribution >= 4 is 35.1 Å². The Hall–Kier alpha value is -2.55. The molecule has 1 saturated heterocycles. The molecule has 0 saturated carbocycles. The summed E-state index contributed by atoms with van der Waals surface area (Å²) >= 11 is 1.58. The number of rotatable bonds is 4. The van der Waals surface area contributed by atoms with Gasteiger partial charge in [0.2, 0.25) is 5.91 Å².